The van der Waals surface area contributed by atoms with Crippen molar-refractivity contribution in [3.63, 3.8) is 0 Å². The standard InChI is InChI=1S/C14H15ClFN3/c1-9-8-18-5-4-12(9)14(19-17)6-10-2-3-11(16)7-13(10)15/h2-5,7-8,14,19H,6,17H2,1H3. The van der Waals surface area contributed by atoms with Gasteiger partial charge >= 0.3 is 0 Å². The Labute approximate surface area is 116 Å². The van der Waals surface area contributed by atoms with E-state index in [-0.39, 0.29) is 11.9 Å². The maximum atomic E-state index is 13.0. The number of aryl methyl sites for hydroxylation is 1. The maximum Gasteiger partial charge on any atom is 0.124 e. The lowest BCUT2D eigenvalue weighted by Gasteiger charge is -2.19. The van der Waals surface area contributed by atoms with Crippen molar-refractivity contribution < 1.29 is 4.39 Å². The molecule has 0 radical (unpaired) electrons. The third kappa shape index (κ3) is 3.29. The van der Waals surface area contributed by atoms with E-state index in [1.807, 2.05) is 13.0 Å². The normalized spacial score (nSPS) is 12.4. The van der Waals surface area contributed by atoms with Gasteiger partial charge in [-0.15, -0.1) is 0 Å². The van der Waals surface area contributed by atoms with Crippen LogP contribution in [-0.4, -0.2) is 4.98 Å². The van der Waals surface area contributed by atoms with Crippen molar-refractivity contribution in [2.24, 2.45) is 5.84 Å². The second kappa shape index (κ2) is 6.10. The third-order valence-electron chi connectivity index (χ3n) is 3.08. The van der Waals surface area contributed by atoms with E-state index in [4.69, 9.17) is 17.4 Å². The molecule has 0 aliphatic rings. The lowest BCUT2D eigenvalue weighted by atomic mass is 9.97. The summed E-state index contributed by atoms with van der Waals surface area (Å²) >= 11 is 6.04. The van der Waals surface area contributed by atoms with Crippen LogP contribution in [0.5, 0.6) is 0 Å². The van der Waals surface area contributed by atoms with E-state index in [2.05, 4.69) is 10.4 Å². The van der Waals surface area contributed by atoms with Gasteiger partial charge in [-0.05, 0) is 48.2 Å². The van der Waals surface area contributed by atoms with Gasteiger partial charge in [-0.25, -0.2) is 4.39 Å². The van der Waals surface area contributed by atoms with Gasteiger partial charge in [-0.2, -0.15) is 0 Å². The molecule has 0 spiro atoms. The Bertz CT molecular complexity index is 574. The van der Waals surface area contributed by atoms with Gasteiger partial charge in [0.25, 0.3) is 0 Å². The highest BCUT2D eigenvalue weighted by Crippen LogP contribution is 2.25. The van der Waals surface area contributed by atoms with Gasteiger partial charge < -0.3 is 0 Å². The minimum Gasteiger partial charge on any atom is -0.271 e. The van der Waals surface area contributed by atoms with Crippen LogP contribution in [0.3, 0.4) is 0 Å². The highest BCUT2D eigenvalue weighted by molar-refractivity contribution is 6.31. The summed E-state index contributed by atoms with van der Waals surface area (Å²) in [4.78, 5) is 4.05. The fourth-order valence-corrected chi connectivity index (χ4v) is 2.29. The second-order valence-corrected chi connectivity index (χ2v) is 4.80. The van der Waals surface area contributed by atoms with E-state index in [0.29, 0.717) is 11.4 Å². The molecule has 1 heterocycles. The summed E-state index contributed by atoms with van der Waals surface area (Å²) in [5, 5.41) is 0.409. The molecule has 1 aromatic heterocycles. The molecule has 0 amide bonds. The molecule has 1 atom stereocenters. The van der Waals surface area contributed by atoms with Gasteiger partial charge in [0.2, 0.25) is 0 Å². The van der Waals surface area contributed by atoms with E-state index in [1.165, 1.54) is 12.1 Å². The van der Waals surface area contributed by atoms with E-state index < -0.39 is 0 Å². The molecule has 1 aromatic carbocycles. The summed E-state index contributed by atoms with van der Waals surface area (Å²) in [6, 6.07) is 6.21. The van der Waals surface area contributed by atoms with E-state index >= 15 is 0 Å². The summed E-state index contributed by atoms with van der Waals surface area (Å²) < 4.78 is 13.0. The van der Waals surface area contributed by atoms with Crippen molar-refractivity contribution >= 4 is 11.6 Å². The predicted molar refractivity (Wildman–Crippen MR) is 74.2 cm³/mol. The number of hydrogen-bond donors (Lipinski definition) is 2. The highest BCUT2D eigenvalue weighted by atomic mass is 35.5. The molecule has 0 fully saturated rings. The Kier molecular flexibility index (Phi) is 4.47. The number of halogens is 2. The topological polar surface area (TPSA) is 50.9 Å². The minimum atomic E-state index is -0.342. The third-order valence-corrected chi connectivity index (χ3v) is 3.43. The number of rotatable bonds is 4. The van der Waals surface area contributed by atoms with Crippen LogP contribution < -0.4 is 11.3 Å². The van der Waals surface area contributed by atoms with Crippen molar-refractivity contribution in [3.8, 4) is 0 Å². The number of hydrazine groups is 1. The molecule has 3 nitrogen and oxygen atoms in total. The Balaban J connectivity index is 2.27. The summed E-state index contributed by atoms with van der Waals surface area (Å²) in [6.45, 7) is 1.97. The quantitative estimate of drug-likeness (QED) is 0.668. The van der Waals surface area contributed by atoms with Crippen molar-refractivity contribution in [1.82, 2.24) is 10.4 Å². The summed E-state index contributed by atoms with van der Waals surface area (Å²) in [5.74, 6) is 5.27. The molecule has 100 valence electrons. The van der Waals surface area contributed by atoms with Crippen LogP contribution in [0.2, 0.25) is 5.02 Å². The molecule has 2 rings (SSSR count). The zero-order chi connectivity index (χ0) is 13.8. The number of pyridine rings is 1. The molecule has 0 bridgehead atoms. The van der Waals surface area contributed by atoms with Gasteiger partial charge in [-0.1, -0.05) is 17.7 Å². The van der Waals surface area contributed by atoms with Crippen molar-refractivity contribution in [1.29, 1.82) is 0 Å². The lowest BCUT2D eigenvalue weighted by Crippen LogP contribution is -2.30. The number of aromatic nitrogens is 1. The maximum absolute atomic E-state index is 13.0. The first-order valence-electron chi connectivity index (χ1n) is 5.92. The van der Waals surface area contributed by atoms with E-state index in [0.717, 1.165) is 16.7 Å². The number of nitrogens with zero attached hydrogens (tertiary/aromatic N) is 1. The van der Waals surface area contributed by atoms with Crippen LogP contribution in [0, 0.1) is 12.7 Å². The second-order valence-electron chi connectivity index (χ2n) is 4.39. The van der Waals surface area contributed by atoms with Crippen LogP contribution >= 0.6 is 11.6 Å². The fraction of sp³-hybridized carbons (Fsp3) is 0.214. The summed E-state index contributed by atoms with van der Waals surface area (Å²) in [7, 11) is 0. The Morgan fingerprint density at radius 2 is 2.21 bits per heavy atom. The SMILES string of the molecule is Cc1cnccc1C(Cc1ccc(F)cc1Cl)NN. The van der Waals surface area contributed by atoms with Gasteiger partial charge in [0, 0.05) is 17.4 Å². The van der Waals surface area contributed by atoms with Gasteiger partial charge in [0.05, 0.1) is 6.04 Å². The Morgan fingerprint density at radius 1 is 1.42 bits per heavy atom. The van der Waals surface area contributed by atoms with Gasteiger partial charge in [0.15, 0.2) is 0 Å². The molecule has 5 heteroatoms. The van der Waals surface area contributed by atoms with Crippen molar-refractivity contribution in [3.05, 3.63) is 64.2 Å². The zero-order valence-corrected chi connectivity index (χ0v) is 11.3. The summed E-state index contributed by atoms with van der Waals surface area (Å²) in [5.41, 5.74) is 5.72. The van der Waals surface area contributed by atoms with Crippen molar-refractivity contribution in [2.75, 3.05) is 0 Å². The Morgan fingerprint density at radius 3 is 2.84 bits per heavy atom. The fourth-order valence-electron chi connectivity index (χ4n) is 2.04. The molecular formula is C14H15ClFN3. The Hall–Kier alpha value is -1.49. The van der Waals surface area contributed by atoms with Gasteiger partial charge in [0.1, 0.15) is 5.82 Å². The first-order chi connectivity index (χ1) is 9.11. The molecule has 0 aliphatic heterocycles. The van der Waals surface area contributed by atoms with Crippen LogP contribution in [0.25, 0.3) is 0 Å². The molecule has 0 saturated heterocycles. The molecule has 19 heavy (non-hydrogen) atoms. The largest absolute Gasteiger partial charge is 0.271 e. The summed E-state index contributed by atoms with van der Waals surface area (Å²) in [6.07, 6.45) is 4.09. The molecule has 0 saturated carbocycles. The number of nitrogens with one attached hydrogen (secondary N) is 1. The van der Waals surface area contributed by atoms with Crippen molar-refractivity contribution in [2.45, 2.75) is 19.4 Å². The molecule has 0 aliphatic carbocycles. The average molecular weight is 280 g/mol. The first kappa shape index (κ1) is 13.9. The number of nitrogens with two attached hydrogens (primary N) is 1. The predicted octanol–water partition coefficient (Wildman–Crippen LogP) is 2.93. The lowest BCUT2D eigenvalue weighted by molar-refractivity contribution is 0.547. The molecular weight excluding hydrogens is 265 g/mol. The van der Waals surface area contributed by atoms with Gasteiger partial charge in [-0.3, -0.25) is 16.3 Å². The smallest absolute Gasteiger partial charge is 0.124 e. The number of benzene rings is 1. The molecule has 3 N–H and O–H groups in total. The van der Waals surface area contributed by atoms with Crippen LogP contribution in [0.1, 0.15) is 22.7 Å². The number of hydrogen-bond acceptors (Lipinski definition) is 3. The molecule has 2 aromatic rings. The monoisotopic (exact) mass is 279 g/mol. The van der Waals surface area contributed by atoms with E-state index in [9.17, 15) is 4.39 Å². The zero-order valence-electron chi connectivity index (χ0n) is 10.5. The average Bonchev–Trinajstić information content (AvgIpc) is 2.39. The van der Waals surface area contributed by atoms with E-state index in [1.54, 1.807) is 18.5 Å². The highest BCUT2D eigenvalue weighted by Gasteiger charge is 2.14. The molecule has 1 unspecified atom stereocenters. The minimum absolute atomic E-state index is 0.0917. The van der Waals surface area contributed by atoms with Crippen LogP contribution in [-0.2, 0) is 6.42 Å². The van der Waals surface area contributed by atoms with Crippen LogP contribution in [0.4, 0.5) is 4.39 Å². The first-order valence-corrected chi connectivity index (χ1v) is 6.30. The van der Waals surface area contributed by atoms with Crippen LogP contribution in [0.15, 0.2) is 36.7 Å².